The SMILES string of the molecule is CC[C@@H]1CCN(C(=O)CNC(=O)O)[C@@H]1C(=O)N[C@]1(C(=O)NS(=O)(=O)C2(C)CC2)C[C@H]1C(F)F. The Morgan fingerprint density at radius 3 is 2.33 bits per heavy atom. The number of nitrogens with zero attached hydrogens (tertiary/aromatic N) is 1. The van der Waals surface area contributed by atoms with Crippen molar-refractivity contribution in [2.45, 2.75) is 68.7 Å². The third kappa shape index (κ3) is 4.75. The van der Waals surface area contributed by atoms with Crippen LogP contribution in [0.5, 0.6) is 0 Å². The Kier molecular flexibility index (Phi) is 6.61. The lowest BCUT2D eigenvalue weighted by Gasteiger charge is -2.29. The molecule has 2 saturated carbocycles. The van der Waals surface area contributed by atoms with E-state index in [1.54, 1.807) is 6.92 Å². The minimum atomic E-state index is -4.11. The number of carbonyl (C=O) groups excluding carboxylic acids is 3. The van der Waals surface area contributed by atoms with E-state index in [-0.39, 0.29) is 12.5 Å². The standard InChI is InChI=1S/C19H28F2N4O7S/c1-3-10-4-7-25(12(26)9-22-17(29)30)13(10)15(27)23-19(8-11(19)14(20)21)16(28)24-33(31,32)18(2)5-6-18/h10-11,13-14,22H,3-9H2,1-2H3,(H,23,27)(H,24,28)(H,29,30)/t10-,11+,13+,19-/m1/s1. The first-order chi connectivity index (χ1) is 15.3. The van der Waals surface area contributed by atoms with Gasteiger partial charge < -0.3 is 20.6 Å². The molecule has 1 aliphatic heterocycles. The van der Waals surface area contributed by atoms with E-state index >= 15 is 0 Å². The molecule has 0 aromatic rings. The van der Waals surface area contributed by atoms with Gasteiger partial charge in [0.05, 0.1) is 10.7 Å². The first kappa shape index (κ1) is 25.1. The van der Waals surface area contributed by atoms with Gasteiger partial charge in [0.1, 0.15) is 18.1 Å². The van der Waals surface area contributed by atoms with Crippen LogP contribution in [-0.2, 0) is 24.4 Å². The molecule has 14 heteroatoms. The fourth-order valence-electron chi connectivity index (χ4n) is 4.30. The van der Waals surface area contributed by atoms with E-state index in [0.29, 0.717) is 25.7 Å². The molecular formula is C19H28F2N4O7S. The topological polar surface area (TPSA) is 162 Å². The average molecular weight is 495 g/mol. The normalized spacial score (nSPS) is 30.0. The molecule has 11 nitrogen and oxygen atoms in total. The fraction of sp³-hybridized carbons (Fsp3) is 0.789. The highest BCUT2D eigenvalue weighted by atomic mass is 32.2. The Balaban J connectivity index is 1.79. The molecule has 0 aromatic heterocycles. The monoisotopic (exact) mass is 494 g/mol. The van der Waals surface area contributed by atoms with Gasteiger partial charge in [-0.2, -0.15) is 0 Å². The summed E-state index contributed by atoms with van der Waals surface area (Å²) < 4.78 is 52.6. The van der Waals surface area contributed by atoms with Crippen LogP contribution in [0.3, 0.4) is 0 Å². The lowest BCUT2D eigenvalue weighted by Crippen LogP contribution is -2.59. The summed E-state index contributed by atoms with van der Waals surface area (Å²) in [5.74, 6) is -4.64. The summed E-state index contributed by atoms with van der Waals surface area (Å²) in [6, 6.07) is -1.10. The van der Waals surface area contributed by atoms with Crippen molar-refractivity contribution < 1.29 is 41.5 Å². The molecular weight excluding hydrogens is 466 g/mol. The van der Waals surface area contributed by atoms with Gasteiger partial charge in [0.25, 0.3) is 5.91 Å². The van der Waals surface area contributed by atoms with Gasteiger partial charge in [0, 0.05) is 6.54 Å². The van der Waals surface area contributed by atoms with E-state index in [0.717, 1.165) is 4.90 Å². The molecule has 33 heavy (non-hydrogen) atoms. The van der Waals surface area contributed by atoms with Gasteiger partial charge in [0.15, 0.2) is 0 Å². The van der Waals surface area contributed by atoms with Gasteiger partial charge in [-0.15, -0.1) is 0 Å². The second-order valence-electron chi connectivity index (χ2n) is 9.14. The van der Waals surface area contributed by atoms with Crippen LogP contribution < -0.4 is 15.4 Å². The van der Waals surface area contributed by atoms with E-state index in [4.69, 9.17) is 5.11 Å². The van der Waals surface area contributed by atoms with Crippen LogP contribution >= 0.6 is 0 Å². The maximum atomic E-state index is 13.5. The molecule has 0 unspecified atom stereocenters. The largest absolute Gasteiger partial charge is 0.465 e. The molecule has 3 rings (SSSR count). The summed E-state index contributed by atoms with van der Waals surface area (Å²) in [7, 11) is -4.11. The highest BCUT2D eigenvalue weighted by Crippen LogP contribution is 2.49. The Morgan fingerprint density at radius 2 is 1.85 bits per heavy atom. The highest BCUT2D eigenvalue weighted by Gasteiger charge is 2.67. The Morgan fingerprint density at radius 1 is 1.21 bits per heavy atom. The smallest absolute Gasteiger partial charge is 0.405 e. The molecule has 0 radical (unpaired) electrons. The Hall–Kier alpha value is -2.51. The lowest BCUT2D eigenvalue weighted by molar-refractivity contribution is -0.140. The summed E-state index contributed by atoms with van der Waals surface area (Å²) in [5, 5.41) is 13.0. The van der Waals surface area contributed by atoms with Crippen molar-refractivity contribution in [1.82, 2.24) is 20.3 Å². The molecule has 4 N–H and O–H groups in total. The van der Waals surface area contributed by atoms with Crippen molar-refractivity contribution in [2.75, 3.05) is 13.1 Å². The molecule has 1 heterocycles. The number of likely N-dealkylation sites (tertiary alicyclic amines) is 1. The minimum Gasteiger partial charge on any atom is -0.465 e. The number of rotatable bonds is 9. The first-order valence-corrected chi connectivity index (χ1v) is 12.2. The molecule has 4 atom stereocenters. The van der Waals surface area contributed by atoms with Crippen LogP contribution in [0.4, 0.5) is 13.6 Å². The number of amides is 4. The third-order valence-corrected chi connectivity index (χ3v) is 9.09. The molecule has 0 aromatic carbocycles. The average Bonchev–Trinajstić information content (AvgIpc) is 3.60. The predicted molar refractivity (Wildman–Crippen MR) is 110 cm³/mol. The van der Waals surface area contributed by atoms with Crippen LogP contribution in [0.1, 0.15) is 46.0 Å². The first-order valence-electron chi connectivity index (χ1n) is 10.7. The van der Waals surface area contributed by atoms with E-state index in [2.05, 4.69) is 5.32 Å². The van der Waals surface area contributed by atoms with Crippen molar-refractivity contribution in [3.05, 3.63) is 0 Å². The van der Waals surface area contributed by atoms with Gasteiger partial charge in [-0.1, -0.05) is 13.3 Å². The lowest BCUT2D eigenvalue weighted by atomic mass is 9.96. The number of sulfonamides is 1. The van der Waals surface area contributed by atoms with Crippen molar-refractivity contribution >= 4 is 33.8 Å². The van der Waals surface area contributed by atoms with Crippen molar-refractivity contribution in [3.8, 4) is 0 Å². The number of hydrogen-bond donors (Lipinski definition) is 4. The van der Waals surface area contributed by atoms with Crippen molar-refractivity contribution in [2.24, 2.45) is 11.8 Å². The highest BCUT2D eigenvalue weighted by molar-refractivity contribution is 7.91. The van der Waals surface area contributed by atoms with E-state index in [1.165, 1.54) is 6.92 Å². The number of hydrogen-bond acceptors (Lipinski definition) is 6. The Labute approximate surface area is 189 Å². The second kappa shape index (κ2) is 8.69. The third-order valence-electron chi connectivity index (χ3n) is 6.93. The number of carboxylic acid groups (broad SMARTS) is 1. The van der Waals surface area contributed by atoms with E-state index in [1.807, 2.05) is 10.0 Å². The quantitative estimate of drug-likeness (QED) is 0.351. The van der Waals surface area contributed by atoms with Gasteiger partial charge in [-0.25, -0.2) is 22.0 Å². The second-order valence-corrected chi connectivity index (χ2v) is 11.3. The van der Waals surface area contributed by atoms with Crippen LogP contribution in [0.2, 0.25) is 0 Å². The zero-order valence-corrected chi connectivity index (χ0v) is 19.1. The van der Waals surface area contributed by atoms with Crippen LogP contribution in [0.15, 0.2) is 0 Å². The zero-order valence-electron chi connectivity index (χ0n) is 18.3. The molecule has 0 bridgehead atoms. The molecule has 186 valence electrons. The summed E-state index contributed by atoms with van der Waals surface area (Å²) >= 11 is 0. The summed E-state index contributed by atoms with van der Waals surface area (Å²) in [6.07, 6.45) is -3.28. The van der Waals surface area contributed by atoms with Gasteiger partial charge in [-0.3, -0.25) is 19.1 Å². The van der Waals surface area contributed by atoms with Gasteiger partial charge >= 0.3 is 6.09 Å². The van der Waals surface area contributed by atoms with Crippen molar-refractivity contribution in [3.63, 3.8) is 0 Å². The maximum Gasteiger partial charge on any atom is 0.405 e. The molecule has 3 aliphatic rings. The van der Waals surface area contributed by atoms with Crippen molar-refractivity contribution in [1.29, 1.82) is 0 Å². The summed E-state index contributed by atoms with van der Waals surface area (Å²) in [6.45, 7) is 2.79. The maximum absolute atomic E-state index is 13.5. The molecule has 2 aliphatic carbocycles. The minimum absolute atomic E-state index is 0.154. The summed E-state index contributed by atoms with van der Waals surface area (Å²) in [5.41, 5.74) is -2.10. The summed E-state index contributed by atoms with van der Waals surface area (Å²) in [4.78, 5) is 50.3. The molecule has 4 amide bonds. The van der Waals surface area contributed by atoms with Gasteiger partial charge in [0.2, 0.25) is 28.3 Å². The number of halogens is 2. The van der Waals surface area contributed by atoms with Crippen LogP contribution in [-0.4, -0.2) is 78.1 Å². The fourth-order valence-corrected chi connectivity index (χ4v) is 5.61. The van der Waals surface area contributed by atoms with E-state index < -0.39 is 75.5 Å². The number of carbonyl (C=O) groups is 4. The Bertz CT molecular complexity index is 956. The van der Waals surface area contributed by atoms with Crippen LogP contribution in [0, 0.1) is 11.8 Å². The molecule has 0 spiro atoms. The van der Waals surface area contributed by atoms with E-state index in [9.17, 15) is 36.4 Å². The molecule has 1 saturated heterocycles. The van der Waals surface area contributed by atoms with Gasteiger partial charge in [-0.05, 0) is 38.5 Å². The number of nitrogens with one attached hydrogen (secondary N) is 3. The zero-order chi connectivity index (χ0) is 24.8. The van der Waals surface area contributed by atoms with Crippen LogP contribution in [0.25, 0.3) is 0 Å². The number of alkyl halides is 2. The predicted octanol–water partition coefficient (Wildman–Crippen LogP) is 0.0196. The molecule has 3 fully saturated rings.